The fourth-order valence-electron chi connectivity index (χ4n) is 2.48. The molecule has 0 radical (unpaired) electrons. The van der Waals surface area contributed by atoms with Crippen molar-refractivity contribution in [3.63, 3.8) is 0 Å². The van der Waals surface area contributed by atoms with Crippen molar-refractivity contribution in [3.05, 3.63) is 24.3 Å². The van der Waals surface area contributed by atoms with E-state index in [2.05, 4.69) is 4.99 Å². The number of fused-ring (bicyclic) bond motifs is 1. The molecule has 0 aromatic rings. The zero-order valence-corrected chi connectivity index (χ0v) is 10.0. The van der Waals surface area contributed by atoms with E-state index in [4.69, 9.17) is 10.1 Å². The van der Waals surface area contributed by atoms with Crippen molar-refractivity contribution < 1.29 is 9.53 Å². The van der Waals surface area contributed by atoms with Gasteiger partial charge in [-0.05, 0) is 18.9 Å². The number of aliphatic imine (C=N–C) groups is 1. The Labute approximate surface area is 105 Å². The number of carbonyl (C=O) groups is 1. The predicted molar refractivity (Wildman–Crippen MR) is 68.0 cm³/mol. The second kappa shape index (κ2) is 4.49. The number of hydrogen-bond acceptors (Lipinski definition) is 3. The van der Waals surface area contributed by atoms with Gasteiger partial charge in [0, 0.05) is 6.61 Å². The Bertz CT molecular complexity index is 473. The van der Waals surface area contributed by atoms with Crippen molar-refractivity contribution >= 4 is 17.6 Å². The number of nitrogens with zero attached hydrogens (tertiary/aromatic N) is 2. The zero-order chi connectivity index (χ0) is 12.5. The molecular weight excluding hydrogens is 230 g/mol. The molecule has 0 aromatic heterocycles. The third-order valence-electron chi connectivity index (χ3n) is 3.45. The fourth-order valence-corrected chi connectivity index (χ4v) is 2.48. The van der Waals surface area contributed by atoms with Crippen molar-refractivity contribution in [1.82, 2.24) is 4.90 Å². The van der Waals surface area contributed by atoms with Crippen LogP contribution in [0.4, 0.5) is 4.79 Å². The zero-order valence-electron chi connectivity index (χ0n) is 10.0. The number of nitrogens with one attached hydrogen (secondary N) is 1. The van der Waals surface area contributed by atoms with E-state index in [0.29, 0.717) is 18.1 Å². The van der Waals surface area contributed by atoms with Gasteiger partial charge in [-0.1, -0.05) is 18.2 Å². The maximum absolute atomic E-state index is 11.9. The van der Waals surface area contributed by atoms with E-state index in [1.54, 1.807) is 6.08 Å². The molecule has 2 amide bonds. The van der Waals surface area contributed by atoms with Gasteiger partial charge in [0.2, 0.25) is 0 Å². The smallest absolute Gasteiger partial charge is 0.349 e. The van der Waals surface area contributed by atoms with Gasteiger partial charge in [0.25, 0.3) is 0 Å². The fraction of sp³-hybridized carbons (Fsp3) is 0.462. The summed E-state index contributed by atoms with van der Waals surface area (Å²) >= 11 is 0. The number of amidine groups is 1. The predicted octanol–water partition coefficient (Wildman–Crippen LogP) is 1.76. The van der Waals surface area contributed by atoms with Crippen LogP contribution in [0.25, 0.3) is 0 Å². The van der Waals surface area contributed by atoms with Crippen LogP contribution in [-0.2, 0) is 4.74 Å². The summed E-state index contributed by atoms with van der Waals surface area (Å²) in [6, 6.07) is -0.346. The van der Waals surface area contributed by atoms with Gasteiger partial charge in [0.1, 0.15) is 5.84 Å². The van der Waals surface area contributed by atoms with Gasteiger partial charge in [-0.3, -0.25) is 10.3 Å². The summed E-state index contributed by atoms with van der Waals surface area (Å²) in [5, 5.41) is 8.15. The largest absolute Gasteiger partial charge is 0.376 e. The van der Waals surface area contributed by atoms with E-state index in [1.165, 1.54) is 4.90 Å². The molecule has 2 aliphatic heterocycles. The van der Waals surface area contributed by atoms with Gasteiger partial charge in [-0.2, -0.15) is 4.99 Å². The van der Waals surface area contributed by atoms with E-state index < -0.39 is 0 Å². The second-order valence-electron chi connectivity index (χ2n) is 4.67. The SMILES string of the molecule is N=C1C2C=CC=CC2=NC(=O)N1CC1CCCO1. The maximum atomic E-state index is 11.9. The minimum atomic E-state index is -0.346. The first-order valence-corrected chi connectivity index (χ1v) is 6.21. The topological polar surface area (TPSA) is 65.8 Å². The lowest BCUT2D eigenvalue weighted by Gasteiger charge is -2.32. The maximum Gasteiger partial charge on any atom is 0.349 e. The van der Waals surface area contributed by atoms with Crippen LogP contribution in [0.1, 0.15) is 12.8 Å². The summed E-state index contributed by atoms with van der Waals surface area (Å²) in [5.74, 6) is 0.121. The summed E-state index contributed by atoms with van der Waals surface area (Å²) in [6.45, 7) is 1.20. The average Bonchev–Trinajstić information content (AvgIpc) is 2.87. The molecule has 2 heterocycles. The summed E-state index contributed by atoms with van der Waals surface area (Å²) in [5.41, 5.74) is 0.663. The standard InChI is InChI=1S/C13H15N3O2/c14-12-10-5-1-2-6-11(10)15-13(17)16(12)8-9-4-3-7-18-9/h1-2,5-6,9-10,14H,3-4,7-8H2. The summed E-state index contributed by atoms with van der Waals surface area (Å²) in [6.07, 6.45) is 9.45. The van der Waals surface area contributed by atoms with Gasteiger partial charge >= 0.3 is 6.03 Å². The summed E-state index contributed by atoms with van der Waals surface area (Å²) < 4.78 is 5.52. The molecule has 1 N–H and O–H groups in total. The molecule has 94 valence electrons. The van der Waals surface area contributed by atoms with Gasteiger partial charge < -0.3 is 4.74 Å². The first-order valence-electron chi connectivity index (χ1n) is 6.21. The van der Waals surface area contributed by atoms with E-state index in [1.807, 2.05) is 18.2 Å². The second-order valence-corrected chi connectivity index (χ2v) is 4.67. The molecular formula is C13H15N3O2. The van der Waals surface area contributed by atoms with E-state index in [0.717, 1.165) is 19.4 Å². The summed E-state index contributed by atoms with van der Waals surface area (Å²) in [7, 11) is 0. The number of carbonyl (C=O) groups excluding carboxylic acids is 1. The normalized spacial score (nSPS) is 30.7. The first kappa shape index (κ1) is 11.3. The van der Waals surface area contributed by atoms with Crippen LogP contribution in [-0.4, -0.2) is 41.7 Å². The van der Waals surface area contributed by atoms with E-state index in [9.17, 15) is 4.79 Å². The van der Waals surface area contributed by atoms with Crippen LogP contribution in [0.2, 0.25) is 0 Å². The molecule has 18 heavy (non-hydrogen) atoms. The lowest BCUT2D eigenvalue weighted by atomic mass is 9.95. The van der Waals surface area contributed by atoms with Crippen LogP contribution in [0.5, 0.6) is 0 Å². The summed E-state index contributed by atoms with van der Waals surface area (Å²) in [4.78, 5) is 17.4. The van der Waals surface area contributed by atoms with Crippen LogP contribution < -0.4 is 0 Å². The molecule has 0 saturated carbocycles. The molecule has 0 aromatic carbocycles. The molecule has 0 spiro atoms. The van der Waals surface area contributed by atoms with Crippen molar-refractivity contribution in [2.75, 3.05) is 13.2 Å². The van der Waals surface area contributed by atoms with Crippen molar-refractivity contribution in [3.8, 4) is 0 Å². The Hall–Kier alpha value is -1.75. The Kier molecular flexibility index (Phi) is 2.83. The van der Waals surface area contributed by atoms with Gasteiger partial charge in [-0.25, -0.2) is 4.79 Å². The third-order valence-corrected chi connectivity index (χ3v) is 3.45. The minimum absolute atomic E-state index is 0.0502. The number of allylic oxidation sites excluding steroid dienone is 3. The molecule has 2 unspecified atom stereocenters. The number of hydrogen-bond donors (Lipinski definition) is 1. The van der Waals surface area contributed by atoms with Gasteiger partial charge in [-0.15, -0.1) is 0 Å². The number of amides is 2. The van der Waals surface area contributed by atoms with Gasteiger partial charge in [0.05, 0.1) is 24.3 Å². The monoisotopic (exact) mass is 245 g/mol. The van der Waals surface area contributed by atoms with Crippen LogP contribution in [0.15, 0.2) is 29.3 Å². The Balaban J connectivity index is 1.81. The number of urea groups is 1. The molecule has 1 fully saturated rings. The number of rotatable bonds is 2. The van der Waals surface area contributed by atoms with Crippen LogP contribution in [0, 0.1) is 11.3 Å². The highest BCUT2D eigenvalue weighted by Gasteiger charge is 2.34. The quantitative estimate of drug-likeness (QED) is 0.805. The molecule has 1 saturated heterocycles. The van der Waals surface area contributed by atoms with Crippen molar-refractivity contribution in [2.45, 2.75) is 18.9 Å². The molecule has 3 rings (SSSR count). The van der Waals surface area contributed by atoms with Crippen LogP contribution >= 0.6 is 0 Å². The van der Waals surface area contributed by atoms with E-state index >= 15 is 0 Å². The lowest BCUT2D eigenvalue weighted by Crippen LogP contribution is -2.48. The highest BCUT2D eigenvalue weighted by Crippen LogP contribution is 2.22. The number of ether oxygens (including phenoxy) is 1. The molecule has 3 aliphatic rings. The Morgan fingerprint density at radius 1 is 1.50 bits per heavy atom. The van der Waals surface area contributed by atoms with Crippen LogP contribution in [0.3, 0.4) is 0 Å². The molecule has 2 atom stereocenters. The molecule has 5 nitrogen and oxygen atoms in total. The highest BCUT2D eigenvalue weighted by atomic mass is 16.5. The Morgan fingerprint density at radius 3 is 3.17 bits per heavy atom. The molecule has 5 heteroatoms. The average molecular weight is 245 g/mol. The van der Waals surface area contributed by atoms with Gasteiger partial charge in [0.15, 0.2) is 0 Å². The Morgan fingerprint density at radius 2 is 2.39 bits per heavy atom. The lowest BCUT2D eigenvalue weighted by molar-refractivity contribution is 0.0954. The third kappa shape index (κ3) is 1.90. The van der Waals surface area contributed by atoms with Crippen molar-refractivity contribution in [2.24, 2.45) is 10.9 Å². The first-order chi connectivity index (χ1) is 8.75. The van der Waals surface area contributed by atoms with Crippen molar-refractivity contribution in [1.29, 1.82) is 5.41 Å². The molecule has 0 bridgehead atoms. The highest BCUT2D eigenvalue weighted by molar-refractivity contribution is 6.22. The minimum Gasteiger partial charge on any atom is -0.376 e. The van der Waals surface area contributed by atoms with E-state index in [-0.39, 0.29) is 18.1 Å². The molecule has 1 aliphatic carbocycles.